The SMILES string of the molecule is Cc1cn2cc(NC(=O)c3cnc(N4CCC(CNCCC(F)(F)F)C4)cn3)cc(F)c2n1. The summed E-state index contributed by atoms with van der Waals surface area (Å²) in [6, 6.07) is 1.19. The van der Waals surface area contributed by atoms with Crippen molar-refractivity contribution in [1.29, 1.82) is 0 Å². The Morgan fingerprint density at radius 3 is 2.79 bits per heavy atom. The average Bonchev–Trinajstić information content (AvgIpc) is 3.37. The van der Waals surface area contributed by atoms with Crippen molar-refractivity contribution in [2.75, 3.05) is 36.4 Å². The highest BCUT2D eigenvalue weighted by Crippen LogP contribution is 2.22. The van der Waals surface area contributed by atoms with Gasteiger partial charge in [0.15, 0.2) is 11.5 Å². The summed E-state index contributed by atoms with van der Waals surface area (Å²) in [5, 5.41) is 5.46. The maximum atomic E-state index is 14.2. The first-order valence-electron chi connectivity index (χ1n) is 10.5. The van der Waals surface area contributed by atoms with Gasteiger partial charge in [0.05, 0.1) is 30.2 Å². The summed E-state index contributed by atoms with van der Waals surface area (Å²) in [4.78, 5) is 27.0. The van der Waals surface area contributed by atoms with E-state index in [-0.39, 0.29) is 29.5 Å². The quantitative estimate of drug-likeness (QED) is 0.412. The third kappa shape index (κ3) is 5.75. The van der Waals surface area contributed by atoms with Crippen LogP contribution in [0.2, 0.25) is 0 Å². The van der Waals surface area contributed by atoms with Gasteiger partial charge in [0.1, 0.15) is 11.5 Å². The number of pyridine rings is 1. The van der Waals surface area contributed by atoms with Crippen molar-refractivity contribution >= 4 is 23.1 Å². The number of fused-ring (bicyclic) bond motifs is 1. The van der Waals surface area contributed by atoms with E-state index in [0.717, 1.165) is 6.42 Å². The lowest BCUT2D eigenvalue weighted by molar-refractivity contribution is -0.133. The molecule has 2 N–H and O–H groups in total. The number of halogens is 4. The van der Waals surface area contributed by atoms with Gasteiger partial charge in [0, 0.05) is 38.1 Å². The highest BCUT2D eigenvalue weighted by atomic mass is 19.4. The molecule has 0 spiro atoms. The lowest BCUT2D eigenvalue weighted by Gasteiger charge is -2.17. The zero-order chi connectivity index (χ0) is 23.6. The maximum Gasteiger partial charge on any atom is 0.390 e. The van der Waals surface area contributed by atoms with Crippen molar-refractivity contribution in [3.05, 3.63) is 48.1 Å². The summed E-state index contributed by atoms with van der Waals surface area (Å²) in [7, 11) is 0. The average molecular weight is 465 g/mol. The molecular formula is C21H23F4N7O. The second kappa shape index (κ2) is 9.30. The molecule has 3 aromatic rings. The van der Waals surface area contributed by atoms with Gasteiger partial charge in [-0.2, -0.15) is 13.2 Å². The van der Waals surface area contributed by atoms with E-state index in [1.165, 1.54) is 22.9 Å². The highest BCUT2D eigenvalue weighted by Gasteiger charge is 2.27. The Bertz CT molecular complexity index is 1130. The molecule has 12 heteroatoms. The van der Waals surface area contributed by atoms with Crippen LogP contribution in [0.5, 0.6) is 0 Å². The molecule has 0 aromatic carbocycles. The van der Waals surface area contributed by atoms with Crippen LogP contribution in [0.25, 0.3) is 5.65 Å². The van der Waals surface area contributed by atoms with Crippen LogP contribution in [-0.2, 0) is 0 Å². The molecule has 176 valence electrons. The molecule has 0 bridgehead atoms. The fourth-order valence-electron chi connectivity index (χ4n) is 3.79. The third-order valence-corrected chi connectivity index (χ3v) is 5.38. The number of nitrogens with zero attached hydrogens (tertiary/aromatic N) is 5. The maximum absolute atomic E-state index is 14.2. The number of rotatable bonds is 7. The van der Waals surface area contributed by atoms with E-state index in [2.05, 4.69) is 25.6 Å². The fourth-order valence-corrected chi connectivity index (χ4v) is 3.79. The number of hydrogen-bond donors (Lipinski definition) is 2. The van der Waals surface area contributed by atoms with Crippen molar-refractivity contribution in [2.24, 2.45) is 5.92 Å². The summed E-state index contributed by atoms with van der Waals surface area (Å²) in [6.07, 6.45) is 1.86. The van der Waals surface area contributed by atoms with Crippen LogP contribution in [-0.4, -0.2) is 57.6 Å². The Morgan fingerprint density at radius 2 is 2.06 bits per heavy atom. The number of nitrogens with one attached hydrogen (secondary N) is 2. The fraction of sp³-hybridized carbons (Fsp3) is 0.429. The highest BCUT2D eigenvalue weighted by molar-refractivity contribution is 6.02. The molecule has 33 heavy (non-hydrogen) atoms. The Kier molecular flexibility index (Phi) is 6.45. The molecule has 0 radical (unpaired) electrons. The first-order valence-corrected chi connectivity index (χ1v) is 10.5. The number of aryl methyl sites for hydroxylation is 1. The number of aromatic nitrogens is 4. The lowest BCUT2D eigenvalue weighted by atomic mass is 10.1. The zero-order valence-corrected chi connectivity index (χ0v) is 17.9. The Balaban J connectivity index is 1.31. The van der Waals surface area contributed by atoms with Gasteiger partial charge in [0.2, 0.25) is 0 Å². The second-order valence-corrected chi connectivity index (χ2v) is 8.07. The van der Waals surface area contributed by atoms with Gasteiger partial charge >= 0.3 is 6.18 Å². The van der Waals surface area contributed by atoms with Crippen LogP contribution < -0.4 is 15.5 Å². The van der Waals surface area contributed by atoms with Crippen LogP contribution in [0.15, 0.2) is 30.9 Å². The second-order valence-electron chi connectivity index (χ2n) is 8.07. The van der Waals surface area contributed by atoms with Gasteiger partial charge in [-0.05, 0) is 25.8 Å². The number of imidazole rings is 1. The first-order chi connectivity index (χ1) is 15.7. The van der Waals surface area contributed by atoms with E-state index < -0.39 is 24.3 Å². The molecule has 1 fully saturated rings. The predicted octanol–water partition coefficient (Wildman–Crippen LogP) is 3.19. The molecule has 4 heterocycles. The molecule has 1 unspecified atom stereocenters. The van der Waals surface area contributed by atoms with Crippen LogP contribution in [0.4, 0.5) is 29.1 Å². The van der Waals surface area contributed by atoms with E-state index >= 15 is 0 Å². The molecule has 3 aromatic heterocycles. The number of carbonyl (C=O) groups excluding carboxylic acids is 1. The van der Waals surface area contributed by atoms with Gasteiger partial charge < -0.3 is 19.9 Å². The summed E-state index contributed by atoms with van der Waals surface area (Å²) >= 11 is 0. The van der Waals surface area contributed by atoms with E-state index in [9.17, 15) is 22.4 Å². The molecule has 4 rings (SSSR count). The van der Waals surface area contributed by atoms with Crippen molar-refractivity contribution in [3.63, 3.8) is 0 Å². The van der Waals surface area contributed by atoms with E-state index in [0.29, 0.717) is 31.1 Å². The lowest BCUT2D eigenvalue weighted by Crippen LogP contribution is -2.29. The summed E-state index contributed by atoms with van der Waals surface area (Å²) in [5.74, 6) is -0.290. The predicted molar refractivity (Wildman–Crippen MR) is 114 cm³/mol. The van der Waals surface area contributed by atoms with Gasteiger partial charge in [-0.3, -0.25) is 4.79 Å². The van der Waals surface area contributed by atoms with Gasteiger partial charge in [0.25, 0.3) is 5.91 Å². The molecule has 1 aliphatic heterocycles. The number of carbonyl (C=O) groups is 1. The molecule has 1 atom stereocenters. The third-order valence-electron chi connectivity index (χ3n) is 5.38. The molecular weight excluding hydrogens is 442 g/mol. The molecule has 8 nitrogen and oxygen atoms in total. The topological polar surface area (TPSA) is 87.5 Å². The largest absolute Gasteiger partial charge is 0.390 e. The normalized spacial score (nSPS) is 16.5. The standard InChI is InChI=1S/C21H23F4N7O/c1-13-10-32-12-15(6-16(22)19(32)29-13)30-20(33)17-8-28-18(9-27-17)31-5-2-14(11-31)7-26-4-3-21(23,24)25/h6,8-10,12,14,26H,2-5,7,11H2,1H3,(H,30,33). The van der Waals surface area contributed by atoms with Crippen molar-refractivity contribution in [2.45, 2.75) is 25.9 Å². The van der Waals surface area contributed by atoms with Crippen molar-refractivity contribution in [3.8, 4) is 0 Å². The minimum atomic E-state index is -4.15. The first kappa shape index (κ1) is 22.9. The Labute approximate surface area is 187 Å². The van der Waals surface area contributed by atoms with E-state index in [1.807, 2.05) is 4.90 Å². The molecule has 0 saturated carbocycles. The molecule has 0 aliphatic carbocycles. The summed E-state index contributed by atoms with van der Waals surface area (Å²) in [6.45, 7) is 3.49. The number of alkyl halides is 3. The summed E-state index contributed by atoms with van der Waals surface area (Å²) < 4.78 is 52.4. The van der Waals surface area contributed by atoms with Crippen LogP contribution >= 0.6 is 0 Å². The zero-order valence-electron chi connectivity index (χ0n) is 17.9. The van der Waals surface area contributed by atoms with Gasteiger partial charge in [-0.15, -0.1) is 0 Å². The number of hydrogen-bond acceptors (Lipinski definition) is 6. The number of amides is 1. The van der Waals surface area contributed by atoms with Crippen molar-refractivity contribution in [1.82, 2.24) is 24.7 Å². The van der Waals surface area contributed by atoms with Gasteiger partial charge in [-0.25, -0.2) is 19.3 Å². The van der Waals surface area contributed by atoms with Gasteiger partial charge in [-0.1, -0.05) is 0 Å². The number of anilines is 2. The monoisotopic (exact) mass is 465 g/mol. The van der Waals surface area contributed by atoms with E-state index in [4.69, 9.17) is 0 Å². The smallest absolute Gasteiger partial charge is 0.355 e. The summed E-state index contributed by atoms with van der Waals surface area (Å²) in [5.41, 5.74) is 1.16. The molecule has 1 saturated heterocycles. The Morgan fingerprint density at radius 1 is 1.24 bits per heavy atom. The Hall–Kier alpha value is -3.28. The molecule has 1 aliphatic rings. The van der Waals surface area contributed by atoms with Crippen LogP contribution in [0.3, 0.4) is 0 Å². The van der Waals surface area contributed by atoms with Crippen LogP contribution in [0.1, 0.15) is 29.0 Å². The van der Waals surface area contributed by atoms with E-state index in [1.54, 1.807) is 19.3 Å². The van der Waals surface area contributed by atoms with Crippen molar-refractivity contribution < 1.29 is 22.4 Å². The minimum absolute atomic E-state index is 0.0747. The molecule has 1 amide bonds. The minimum Gasteiger partial charge on any atom is -0.355 e. The van der Waals surface area contributed by atoms with Crippen LogP contribution in [0, 0.1) is 18.7 Å².